The van der Waals surface area contributed by atoms with Crippen molar-refractivity contribution in [1.29, 1.82) is 0 Å². The van der Waals surface area contributed by atoms with Crippen molar-refractivity contribution in [1.82, 2.24) is 4.98 Å². The van der Waals surface area contributed by atoms with Crippen LogP contribution in [-0.4, -0.2) is 39.8 Å². The second-order valence-corrected chi connectivity index (χ2v) is 3.97. The normalized spacial score (nSPS) is 14.1. The number of ether oxygens (including phenoxy) is 1. The molecule has 0 radical (unpaired) electrons. The van der Waals surface area contributed by atoms with Crippen molar-refractivity contribution in [3.05, 3.63) is 16.1 Å². The maximum atomic E-state index is 11.3. The summed E-state index contributed by atoms with van der Waals surface area (Å²) in [6.45, 7) is 1.86. The van der Waals surface area contributed by atoms with Gasteiger partial charge in [-0.15, -0.1) is 11.3 Å². The Bertz CT molecular complexity index is 419. The first kappa shape index (κ1) is 13.6. The highest BCUT2D eigenvalue weighted by Gasteiger charge is 2.27. The Morgan fingerprint density at radius 1 is 1.59 bits per heavy atom. The molecular weight excluding hydrogens is 248 g/mol. The average molecular weight is 260 g/mol. The lowest BCUT2D eigenvalue weighted by molar-refractivity contribution is -0.131. The van der Waals surface area contributed by atoms with E-state index >= 15 is 0 Å². The molecule has 0 saturated heterocycles. The van der Waals surface area contributed by atoms with E-state index < -0.39 is 24.1 Å². The standard InChI is InChI=1S/C9H12N2O5S/c1-2-16-9(15)4-3-17-8(11-4)6(13)5(12)7(10)14/h3,5-6,12-13H,2H2,1H3,(H2,10,14). The third kappa shape index (κ3) is 3.22. The molecule has 0 bridgehead atoms. The van der Waals surface area contributed by atoms with Crippen molar-refractivity contribution in [2.75, 3.05) is 6.61 Å². The number of amides is 1. The van der Waals surface area contributed by atoms with E-state index in [1.165, 1.54) is 5.38 Å². The molecule has 0 fully saturated rings. The predicted molar refractivity (Wildman–Crippen MR) is 58.2 cm³/mol. The van der Waals surface area contributed by atoms with Crippen molar-refractivity contribution in [2.24, 2.45) is 5.73 Å². The van der Waals surface area contributed by atoms with Crippen LogP contribution in [-0.2, 0) is 9.53 Å². The van der Waals surface area contributed by atoms with Crippen LogP contribution in [0.5, 0.6) is 0 Å². The summed E-state index contributed by atoms with van der Waals surface area (Å²) in [5.41, 5.74) is 4.84. The Kier molecular flexibility index (Phi) is 4.55. The number of thiazole rings is 1. The minimum atomic E-state index is -1.75. The molecule has 1 aromatic heterocycles. The summed E-state index contributed by atoms with van der Waals surface area (Å²) < 4.78 is 4.70. The number of aliphatic hydroxyl groups is 2. The smallest absolute Gasteiger partial charge is 0.357 e. The van der Waals surface area contributed by atoms with Crippen molar-refractivity contribution < 1.29 is 24.5 Å². The van der Waals surface area contributed by atoms with Crippen molar-refractivity contribution in [3.8, 4) is 0 Å². The van der Waals surface area contributed by atoms with Gasteiger partial charge >= 0.3 is 5.97 Å². The molecule has 0 aliphatic rings. The fourth-order valence-corrected chi connectivity index (χ4v) is 1.81. The van der Waals surface area contributed by atoms with Gasteiger partial charge in [0.05, 0.1) is 6.61 Å². The number of rotatable bonds is 5. The monoisotopic (exact) mass is 260 g/mol. The van der Waals surface area contributed by atoms with Crippen LogP contribution in [0.25, 0.3) is 0 Å². The van der Waals surface area contributed by atoms with Gasteiger partial charge in [0.1, 0.15) is 11.1 Å². The van der Waals surface area contributed by atoms with Crippen LogP contribution >= 0.6 is 11.3 Å². The van der Waals surface area contributed by atoms with E-state index in [1.54, 1.807) is 6.92 Å². The van der Waals surface area contributed by atoms with Crippen molar-refractivity contribution in [3.63, 3.8) is 0 Å². The molecule has 8 heteroatoms. The maximum Gasteiger partial charge on any atom is 0.357 e. The van der Waals surface area contributed by atoms with Gasteiger partial charge in [-0.25, -0.2) is 9.78 Å². The first-order valence-corrected chi connectivity index (χ1v) is 5.63. The second-order valence-electron chi connectivity index (χ2n) is 3.08. The fraction of sp³-hybridized carbons (Fsp3) is 0.444. The number of hydrogen-bond donors (Lipinski definition) is 3. The first-order valence-electron chi connectivity index (χ1n) is 4.75. The summed E-state index contributed by atoms with van der Waals surface area (Å²) in [6.07, 6.45) is -3.29. The van der Waals surface area contributed by atoms with Gasteiger partial charge in [-0.3, -0.25) is 4.79 Å². The molecule has 2 unspecified atom stereocenters. The topological polar surface area (TPSA) is 123 Å². The third-order valence-electron chi connectivity index (χ3n) is 1.85. The van der Waals surface area contributed by atoms with Gasteiger partial charge in [0.2, 0.25) is 5.91 Å². The second kappa shape index (κ2) is 5.71. The molecule has 0 spiro atoms. The molecule has 0 aliphatic heterocycles. The average Bonchev–Trinajstić information content (AvgIpc) is 2.76. The molecule has 0 aromatic carbocycles. The zero-order valence-corrected chi connectivity index (χ0v) is 9.81. The Labute approximate surface area is 101 Å². The van der Waals surface area contributed by atoms with Crippen molar-refractivity contribution in [2.45, 2.75) is 19.1 Å². The minimum absolute atomic E-state index is 0.0163. The molecule has 0 aliphatic carbocycles. The highest BCUT2D eigenvalue weighted by molar-refractivity contribution is 7.09. The minimum Gasteiger partial charge on any atom is -0.461 e. The van der Waals surface area contributed by atoms with Gasteiger partial charge in [0.25, 0.3) is 0 Å². The molecular formula is C9H12N2O5S. The molecule has 0 saturated carbocycles. The van der Waals surface area contributed by atoms with Gasteiger partial charge < -0.3 is 20.7 Å². The van der Waals surface area contributed by atoms with Crippen LogP contribution in [0.3, 0.4) is 0 Å². The number of esters is 1. The largest absolute Gasteiger partial charge is 0.461 e. The van der Waals surface area contributed by atoms with Gasteiger partial charge in [-0.2, -0.15) is 0 Å². The number of primary amides is 1. The zero-order chi connectivity index (χ0) is 13.0. The van der Waals surface area contributed by atoms with Crippen LogP contribution in [0.4, 0.5) is 0 Å². The lowest BCUT2D eigenvalue weighted by Gasteiger charge is -2.11. The van der Waals surface area contributed by atoms with Crippen LogP contribution in [0.2, 0.25) is 0 Å². The quantitative estimate of drug-likeness (QED) is 0.595. The number of carbonyl (C=O) groups is 2. The van der Waals surface area contributed by atoms with Crippen LogP contribution < -0.4 is 5.73 Å². The molecule has 94 valence electrons. The lowest BCUT2D eigenvalue weighted by atomic mass is 10.2. The number of carbonyl (C=O) groups excluding carboxylic acids is 2. The summed E-state index contributed by atoms with van der Waals surface area (Å²) in [4.78, 5) is 25.7. The molecule has 1 amide bonds. The Morgan fingerprint density at radius 3 is 2.76 bits per heavy atom. The first-order chi connectivity index (χ1) is 7.97. The van der Waals surface area contributed by atoms with Crippen molar-refractivity contribution >= 4 is 23.2 Å². The van der Waals surface area contributed by atoms with Crippen LogP contribution in [0, 0.1) is 0 Å². The summed E-state index contributed by atoms with van der Waals surface area (Å²) in [7, 11) is 0. The molecule has 2 atom stereocenters. The SMILES string of the molecule is CCOC(=O)c1csc(C(O)C(O)C(N)=O)n1. The number of nitrogens with two attached hydrogens (primary N) is 1. The number of hydrogen-bond acceptors (Lipinski definition) is 7. The van der Waals surface area contributed by atoms with Gasteiger partial charge in [-0.05, 0) is 6.92 Å². The fourth-order valence-electron chi connectivity index (χ4n) is 1.01. The van der Waals surface area contributed by atoms with E-state index in [4.69, 9.17) is 10.5 Å². The molecule has 4 N–H and O–H groups in total. The van der Waals surface area contributed by atoms with E-state index in [9.17, 15) is 19.8 Å². The molecule has 1 rings (SSSR count). The summed E-state index contributed by atoms with van der Waals surface area (Å²) in [5.74, 6) is -1.69. The summed E-state index contributed by atoms with van der Waals surface area (Å²) in [6, 6.07) is 0. The lowest BCUT2D eigenvalue weighted by Crippen LogP contribution is -2.33. The Balaban J connectivity index is 2.80. The van der Waals surface area contributed by atoms with Crippen LogP contribution in [0.15, 0.2) is 5.38 Å². The molecule has 17 heavy (non-hydrogen) atoms. The summed E-state index contributed by atoms with van der Waals surface area (Å²) in [5, 5.41) is 20.1. The maximum absolute atomic E-state index is 11.3. The van der Waals surface area contributed by atoms with Gasteiger partial charge in [-0.1, -0.05) is 0 Å². The van der Waals surface area contributed by atoms with Gasteiger partial charge in [0, 0.05) is 5.38 Å². The predicted octanol–water partition coefficient (Wildman–Crippen LogP) is -0.801. The van der Waals surface area contributed by atoms with Crippen LogP contribution in [0.1, 0.15) is 28.5 Å². The zero-order valence-electron chi connectivity index (χ0n) is 8.99. The van der Waals surface area contributed by atoms with E-state index in [0.29, 0.717) is 0 Å². The van der Waals surface area contributed by atoms with E-state index in [-0.39, 0.29) is 17.3 Å². The third-order valence-corrected chi connectivity index (χ3v) is 2.77. The van der Waals surface area contributed by atoms with E-state index in [0.717, 1.165) is 11.3 Å². The van der Waals surface area contributed by atoms with E-state index in [2.05, 4.69) is 4.98 Å². The number of aromatic nitrogens is 1. The molecule has 1 aromatic rings. The number of aliphatic hydroxyl groups excluding tert-OH is 2. The Hall–Kier alpha value is -1.51. The highest BCUT2D eigenvalue weighted by Crippen LogP contribution is 2.21. The highest BCUT2D eigenvalue weighted by atomic mass is 32.1. The van der Waals surface area contributed by atoms with Gasteiger partial charge in [0.15, 0.2) is 11.8 Å². The number of nitrogens with zero attached hydrogens (tertiary/aromatic N) is 1. The molecule has 1 heterocycles. The van der Waals surface area contributed by atoms with E-state index in [1.807, 2.05) is 0 Å². The molecule has 7 nitrogen and oxygen atoms in total. The summed E-state index contributed by atoms with van der Waals surface area (Å²) >= 11 is 0.928. The Morgan fingerprint density at radius 2 is 2.24 bits per heavy atom.